The lowest BCUT2D eigenvalue weighted by molar-refractivity contribution is 0.535. The van der Waals surface area contributed by atoms with Gasteiger partial charge in [0.25, 0.3) is 0 Å². The Balaban J connectivity index is 1.92. The summed E-state index contributed by atoms with van der Waals surface area (Å²) in [5.41, 5.74) is 0.0739. The van der Waals surface area contributed by atoms with E-state index in [4.69, 9.17) is 0 Å². The molecule has 18 heavy (non-hydrogen) atoms. The second-order valence-electron chi connectivity index (χ2n) is 3.88. The summed E-state index contributed by atoms with van der Waals surface area (Å²) in [7, 11) is 0. The molecule has 0 aliphatic heterocycles. The zero-order valence-electron chi connectivity index (χ0n) is 10.0. The van der Waals surface area contributed by atoms with Crippen molar-refractivity contribution in [3.63, 3.8) is 0 Å². The first-order chi connectivity index (χ1) is 8.70. The van der Waals surface area contributed by atoms with Crippen molar-refractivity contribution >= 4 is 11.3 Å². The first kappa shape index (κ1) is 13.1. The Labute approximate surface area is 109 Å². The van der Waals surface area contributed by atoms with Gasteiger partial charge in [0.2, 0.25) is 0 Å². The van der Waals surface area contributed by atoms with Crippen LogP contribution in [-0.4, -0.2) is 4.98 Å². The molecule has 1 aromatic heterocycles. The van der Waals surface area contributed by atoms with Crippen LogP contribution in [0.2, 0.25) is 0 Å². The number of aromatic nitrogens is 1. The minimum Gasteiger partial charge on any atom is -0.306 e. The average Bonchev–Trinajstić information content (AvgIpc) is 2.81. The van der Waals surface area contributed by atoms with E-state index in [1.807, 2.05) is 6.20 Å². The van der Waals surface area contributed by atoms with Crippen LogP contribution in [0.1, 0.15) is 22.4 Å². The van der Waals surface area contributed by atoms with Crippen LogP contribution in [0.5, 0.6) is 0 Å². The van der Waals surface area contributed by atoms with Gasteiger partial charge >= 0.3 is 0 Å². The number of rotatable bonds is 5. The van der Waals surface area contributed by atoms with Gasteiger partial charge in [-0.1, -0.05) is 13.0 Å². The number of aryl methyl sites for hydroxylation is 1. The lowest BCUT2D eigenvalue weighted by atomic mass is 10.2. The van der Waals surface area contributed by atoms with Crippen LogP contribution < -0.4 is 5.32 Å². The van der Waals surface area contributed by atoms with Gasteiger partial charge in [0.15, 0.2) is 0 Å². The molecule has 0 atom stereocenters. The van der Waals surface area contributed by atoms with Crippen molar-refractivity contribution in [2.45, 2.75) is 26.4 Å². The third kappa shape index (κ3) is 3.11. The quantitative estimate of drug-likeness (QED) is 0.900. The molecule has 1 N–H and O–H groups in total. The zero-order chi connectivity index (χ0) is 13.0. The average molecular weight is 268 g/mol. The fourth-order valence-corrected chi connectivity index (χ4v) is 2.42. The summed E-state index contributed by atoms with van der Waals surface area (Å²) in [5.74, 6) is -1.04. The van der Waals surface area contributed by atoms with Crippen LogP contribution in [0.15, 0.2) is 24.4 Å². The van der Waals surface area contributed by atoms with Gasteiger partial charge in [-0.25, -0.2) is 13.8 Å². The van der Waals surface area contributed by atoms with E-state index in [-0.39, 0.29) is 12.1 Å². The first-order valence-corrected chi connectivity index (χ1v) is 6.59. The van der Waals surface area contributed by atoms with E-state index in [2.05, 4.69) is 17.2 Å². The SMILES string of the molecule is CCc1cnc(CNCc2c(F)cccc2F)s1. The van der Waals surface area contributed by atoms with Crippen molar-refractivity contribution in [3.8, 4) is 0 Å². The number of nitrogens with zero attached hydrogens (tertiary/aromatic N) is 1. The minimum absolute atomic E-state index is 0.0739. The minimum atomic E-state index is -0.518. The number of thiazole rings is 1. The molecule has 96 valence electrons. The highest BCUT2D eigenvalue weighted by Crippen LogP contribution is 2.14. The fraction of sp³-hybridized carbons (Fsp3) is 0.308. The van der Waals surface area contributed by atoms with Crippen molar-refractivity contribution < 1.29 is 8.78 Å². The molecule has 0 saturated heterocycles. The molecule has 0 fully saturated rings. The van der Waals surface area contributed by atoms with Crippen molar-refractivity contribution in [1.29, 1.82) is 0 Å². The molecule has 2 rings (SSSR count). The Kier molecular flexibility index (Phi) is 4.38. The Morgan fingerprint density at radius 1 is 1.22 bits per heavy atom. The normalized spacial score (nSPS) is 10.8. The molecule has 0 amide bonds. The summed E-state index contributed by atoms with van der Waals surface area (Å²) >= 11 is 1.62. The van der Waals surface area contributed by atoms with Crippen LogP contribution in [-0.2, 0) is 19.5 Å². The van der Waals surface area contributed by atoms with E-state index in [0.717, 1.165) is 11.4 Å². The van der Waals surface area contributed by atoms with Gasteiger partial charge in [0.1, 0.15) is 16.6 Å². The summed E-state index contributed by atoms with van der Waals surface area (Å²) in [5, 5.41) is 3.94. The van der Waals surface area contributed by atoms with Gasteiger partial charge in [-0.2, -0.15) is 0 Å². The molecule has 0 saturated carbocycles. The van der Waals surface area contributed by atoms with Gasteiger partial charge in [0.05, 0.1) is 0 Å². The largest absolute Gasteiger partial charge is 0.306 e. The predicted molar refractivity (Wildman–Crippen MR) is 68.4 cm³/mol. The topological polar surface area (TPSA) is 24.9 Å². The molecule has 2 nitrogen and oxygen atoms in total. The summed E-state index contributed by atoms with van der Waals surface area (Å²) in [6, 6.07) is 3.89. The number of benzene rings is 1. The standard InChI is InChI=1S/C13H14F2N2S/c1-2-9-6-17-13(18-9)8-16-7-10-11(14)4-3-5-12(10)15/h3-6,16H,2,7-8H2,1H3. The molecule has 1 aromatic carbocycles. The highest BCUT2D eigenvalue weighted by atomic mass is 32.1. The molecule has 0 aliphatic carbocycles. The molecule has 0 bridgehead atoms. The van der Waals surface area contributed by atoms with Gasteiger partial charge < -0.3 is 5.32 Å². The molecule has 0 spiro atoms. The van der Waals surface area contributed by atoms with E-state index < -0.39 is 11.6 Å². The van der Waals surface area contributed by atoms with E-state index >= 15 is 0 Å². The van der Waals surface area contributed by atoms with Crippen LogP contribution in [0, 0.1) is 11.6 Å². The van der Waals surface area contributed by atoms with Crippen molar-refractivity contribution in [2.24, 2.45) is 0 Å². The molecular weight excluding hydrogens is 254 g/mol. The third-order valence-electron chi connectivity index (χ3n) is 2.59. The zero-order valence-corrected chi connectivity index (χ0v) is 10.9. The molecular formula is C13H14F2N2S. The second kappa shape index (κ2) is 6.02. The maximum atomic E-state index is 13.3. The van der Waals surface area contributed by atoms with E-state index in [1.165, 1.54) is 23.1 Å². The fourth-order valence-electron chi connectivity index (χ4n) is 1.59. The summed E-state index contributed by atoms with van der Waals surface area (Å²) < 4.78 is 26.7. The lowest BCUT2D eigenvalue weighted by Crippen LogP contribution is -2.14. The van der Waals surface area contributed by atoms with Gasteiger partial charge in [-0.05, 0) is 18.6 Å². The van der Waals surface area contributed by atoms with Crippen molar-refractivity contribution in [1.82, 2.24) is 10.3 Å². The van der Waals surface area contributed by atoms with E-state index in [9.17, 15) is 8.78 Å². The van der Waals surface area contributed by atoms with Crippen LogP contribution in [0.3, 0.4) is 0 Å². The number of nitrogens with one attached hydrogen (secondary N) is 1. The maximum Gasteiger partial charge on any atom is 0.130 e. The molecule has 0 aliphatic rings. The Hall–Kier alpha value is -1.33. The van der Waals surface area contributed by atoms with Gasteiger partial charge in [-0.3, -0.25) is 0 Å². The summed E-state index contributed by atoms with van der Waals surface area (Å²) in [4.78, 5) is 5.44. The highest BCUT2D eigenvalue weighted by molar-refractivity contribution is 7.11. The Morgan fingerprint density at radius 2 is 1.94 bits per heavy atom. The van der Waals surface area contributed by atoms with Crippen LogP contribution >= 0.6 is 11.3 Å². The first-order valence-electron chi connectivity index (χ1n) is 5.78. The monoisotopic (exact) mass is 268 g/mol. The van der Waals surface area contributed by atoms with E-state index in [0.29, 0.717) is 6.54 Å². The van der Waals surface area contributed by atoms with Crippen molar-refractivity contribution in [3.05, 3.63) is 51.5 Å². The van der Waals surface area contributed by atoms with Crippen LogP contribution in [0.4, 0.5) is 8.78 Å². The van der Waals surface area contributed by atoms with E-state index in [1.54, 1.807) is 11.3 Å². The predicted octanol–water partition coefficient (Wildman–Crippen LogP) is 3.27. The molecule has 1 heterocycles. The lowest BCUT2D eigenvalue weighted by Gasteiger charge is -2.05. The van der Waals surface area contributed by atoms with Gasteiger partial charge in [-0.15, -0.1) is 11.3 Å². The van der Waals surface area contributed by atoms with Gasteiger partial charge in [0, 0.05) is 29.7 Å². The summed E-state index contributed by atoms with van der Waals surface area (Å²) in [6.45, 7) is 2.76. The third-order valence-corrected chi connectivity index (χ3v) is 3.73. The number of hydrogen-bond donors (Lipinski definition) is 1. The van der Waals surface area contributed by atoms with Crippen molar-refractivity contribution in [2.75, 3.05) is 0 Å². The number of hydrogen-bond acceptors (Lipinski definition) is 3. The molecule has 2 aromatic rings. The second-order valence-corrected chi connectivity index (χ2v) is 5.08. The molecule has 5 heteroatoms. The molecule has 0 unspecified atom stereocenters. The summed E-state index contributed by atoms with van der Waals surface area (Å²) in [6.07, 6.45) is 2.80. The highest BCUT2D eigenvalue weighted by Gasteiger charge is 2.08. The number of halogens is 2. The molecule has 0 radical (unpaired) electrons. The van der Waals surface area contributed by atoms with Crippen LogP contribution in [0.25, 0.3) is 0 Å². The maximum absolute atomic E-state index is 13.3. The Morgan fingerprint density at radius 3 is 2.56 bits per heavy atom. The smallest absolute Gasteiger partial charge is 0.130 e. The Bertz CT molecular complexity index is 505.